The van der Waals surface area contributed by atoms with E-state index in [9.17, 15) is 4.79 Å². The minimum atomic E-state index is -0.223. The zero-order chi connectivity index (χ0) is 22.3. The molecule has 0 spiro atoms. The van der Waals surface area contributed by atoms with Crippen molar-refractivity contribution in [2.45, 2.75) is 13.0 Å². The molecule has 0 bridgehead atoms. The second kappa shape index (κ2) is 9.90. The molecule has 4 rings (SSSR count). The molecule has 0 aliphatic rings. The monoisotopic (exact) mass is 441 g/mol. The number of nitrogens with zero attached hydrogens (tertiary/aromatic N) is 5. The van der Waals surface area contributed by atoms with Gasteiger partial charge >= 0.3 is 0 Å². The van der Waals surface area contributed by atoms with Gasteiger partial charge in [0.05, 0.1) is 28.9 Å². The minimum absolute atomic E-state index is 0.223. The van der Waals surface area contributed by atoms with E-state index in [-0.39, 0.29) is 12.3 Å². The van der Waals surface area contributed by atoms with E-state index in [2.05, 4.69) is 11.1 Å². The van der Waals surface area contributed by atoms with Crippen molar-refractivity contribution in [3.8, 4) is 23.0 Å². The van der Waals surface area contributed by atoms with Gasteiger partial charge in [0.15, 0.2) is 0 Å². The number of amides is 1. The van der Waals surface area contributed by atoms with E-state index in [0.717, 1.165) is 16.8 Å². The summed E-state index contributed by atoms with van der Waals surface area (Å²) in [5.74, 6) is -0.223. The van der Waals surface area contributed by atoms with Crippen LogP contribution in [0.3, 0.4) is 0 Å². The number of hydrogen-bond donors (Lipinski definition) is 0. The summed E-state index contributed by atoms with van der Waals surface area (Å²) in [5, 5.41) is 14.4. The van der Waals surface area contributed by atoms with Gasteiger partial charge < -0.3 is 4.90 Å². The topological polar surface area (TPSA) is 74.8 Å². The van der Waals surface area contributed by atoms with Crippen LogP contribution in [0.1, 0.15) is 22.5 Å². The minimum Gasteiger partial charge on any atom is -0.332 e. The van der Waals surface area contributed by atoms with E-state index < -0.39 is 0 Å². The Labute approximate surface area is 191 Å². The molecular weight excluding hydrogens is 422 g/mol. The van der Waals surface area contributed by atoms with Gasteiger partial charge in [0, 0.05) is 31.0 Å². The Morgan fingerprint density at radius 2 is 1.84 bits per heavy atom. The molecular formula is C25H20ClN5O. The molecule has 2 aromatic heterocycles. The lowest BCUT2D eigenvalue weighted by Gasteiger charge is -2.22. The number of rotatable bonds is 7. The van der Waals surface area contributed by atoms with Crippen LogP contribution < -0.4 is 0 Å². The van der Waals surface area contributed by atoms with Gasteiger partial charge in [-0.25, -0.2) is 4.68 Å². The van der Waals surface area contributed by atoms with Crippen molar-refractivity contribution in [2.24, 2.45) is 0 Å². The second-order valence-electron chi connectivity index (χ2n) is 7.14. The fourth-order valence-corrected chi connectivity index (χ4v) is 3.64. The van der Waals surface area contributed by atoms with Crippen molar-refractivity contribution in [3.63, 3.8) is 0 Å². The molecule has 2 aromatic carbocycles. The van der Waals surface area contributed by atoms with Crippen LogP contribution >= 0.6 is 11.6 Å². The highest BCUT2D eigenvalue weighted by molar-refractivity contribution is 6.33. The molecule has 2 heterocycles. The van der Waals surface area contributed by atoms with Gasteiger partial charge in [-0.1, -0.05) is 54.1 Å². The Kier molecular flexibility index (Phi) is 6.59. The maximum atomic E-state index is 13.7. The lowest BCUT2D eigenvalue weighted by Crippen LogP contribution is -2.33. The Hall–Kier alpha value is -3.95. The quantitative estimate of drug-likeness (QED) is 0.397. The molecule has 0 fully saturated rings. The molecule has 0 unspecified atom stereocenters. The van der Waals surface area contributed by atoms with E-state index in [4.69, 9.17) is 22.0 Å². The van der Waals surface area contributed by atoms with Gasteiger partial charge in [-0.3, -0.25) is 9.78 Å². The number of para-hydroxylation sites is 1. The average molecular weight is 442 g/mol. The largest absolute Gasteiger partial charge is 0.332 e. The van der Waals surface area contributed by atoms with E-state index in [1.54, 1.807) is 34.1 Å². The first-order chi connectivity index (χ1) is 15.7. The number of carbonyl (C=O) groups is 1. The second-order valence-corrected chi connectivity index (χ2v) is 7.55. The Morgan fingerprint density at radius 1 is 1.06 bits per heavy atom. The predicted molar refractivity (Wildman–Crippen MR) is 123 cm³/mol. The van der Waals surface area contributed by atoms with Crippen LogP contribution in [0.15, 0.2) is 85.2 Å². The average Bonchev–Trinajstić information content (AvgIpc) is 3.28. The fraction of sp³-hybridized carbons (Fsp3) is 0.120. The van der Waals surface area contributed by atoms with Crippen molar-refractivity contribution >= 4 is 17.5 Å². The fourth-order valence-electron chi connectivity index (χ4n) is 3.41. The Bertz CT molecular complexity index is 1250. The van der Waals surface area contributed by atoms with Crippen molar-refractivity contribution in [3.05, 3.63) is 101 Å². The number of halogens is 1. The summed E-state index contributed by atoms with van der Waals surface area (Å²) in [6.45, 7) is 0.640. The first-order valence-corrected chi connectivity index (χ1v) is 10.5. The Balaban J connectivity index is 1.78. The van der Waals surface area contributed by atoms with Crippen LogP contribution in [0.2, 0.25) is 5.02 Å². The highest BCUT2D eigenvalue weighted by Crippen LogP contribution is 2.29. The summed E-state index contributed by atoms with van der Waals surface area (Å²) < 4.78 is 1.63. The molecule has 0 saturated heterocycles. The lowest BCUT2D eigenvalue weighted by atomic mass is 10.1. The summed E-state index contributed by atoms with van der Waals surface area (Å²) in [4.78, 5) is 19.5. The van der Waals surface area contributed by atoms with Crippen LogP contribution in [0.5, 0.6) is 0 Å². The zero-order valence-electron chi connectivity index (χ0n) is 17.2. The number of nitriles is 1. The molecule has 0 saturated carbocycles. The number of aromatic nitrogens is 3. The van der Waals surface area contributed by atoms with Gasteiger partial charge in [-0.05, 0) is 35.9 Å². The highest BCUT2D eigenvalue weighted by atomic mass is 35.5. The van der Waals surface area contributed by atoms with E-state index >= 15 is 0 Å². The first-order valence-electron chi connectivity index (χ1n) is 10.1. The van der Waals surface area contributed by atoms with Crippen molar-refractivity contribution in [1.82, 2.24) is 19.7 Å². The number of pyridine rings is 1. The molecule has 0 aliphatic carbocycles. The molecule has 0 aliphatic heterocycles. The predicted octanol–water partition coefficient (Wildman–Crippen LogP) is 5.14. The normalized spacial score (nSPS) is 10.5. The number of carbonyl (C=O) groups excluding carboxylic acids is 1. The summed E-state index contributed by atoms with van der Waals surface area (Å²) in [5.41, 5.74) is 3.39. The molecule has 0 radical (unpaired) electrons. The maximum absolute atomic E-state index is 13.7. The molecule has 0 N–H and O–H groups in total. The van der Waals surface area contributed by atoms with Crippen LogP contribution in [0.25, 0.3) is 16.9 Å². The van der Waals surface area contributed by atoms with Gasteiger partial charge in [0.2, 0.25) is 0 Å². The molecule has 0 atom stereocenters. The summed E-state index contributed by atoms with van der Waals surface area (Å²) in [6, 6.07) is 24.5. The van der Waals surface area contributed by atoms with Crippen LogP contribution in [0.4, 0.5) is 0 Å². The van der Waals surface area contributed by atoms with E-state index in [1.165, 1.54) is 0 Å². The first kappa shape index (κ1) is 21.3. The number of hydrogen-bond acceptors (Lipinski definition) is 4. The highest BCUT2D eigenvalue weighted by Gasteiger charge is 2.23. The molecule has 7 heteroatoms. The zero-order valence-corrected chi connectivity index (χ0v) is 18.0. The summed E-state index contributed by atoms with van der Waals surface area (Å²) in [6.07, 6.45) is 3.63. The molecule has 6 nitrogen and oxygen atoms in total. The van der Waals surface area contributed by atoms with Crippen molar-refractivity contribution in [1.29, 1.82) is 5.26 Å². The molecule has 158 valence electrons. The Morgan fingerprint density at radius 3 is 2.56 bits per heavy atom. The summed E-state index contributed by atoms with van der Waals surface area (Å²) in [7, 11) is 0. The van der Waals surface area contributed by atoms with Crippen LogP contribution in [-0.4, -0.2) is 32.1 Å². The third kappa shape index (κ3) is 4.69. The molecule has 1 amide bonds. The van der Waals surface area contributed by atoms with Crippen molar-refractivity contribution in [2.75, 3.05) is 6.54 Å². The van der Waals surface area contributed by atoms with E-state index in [0.29, 0.717) is 29.5 Å². The van der Waals surface area contributed by atoms with Gasteiger partial charge in [-0.15, -0.1) is 0 Å². The summed E-state index contributed by atoms with van der Waals surface area (Å²) >= 11 is 6.40. The van der Waals surface area contributed by atoms with Crippen molar-refractivity contribution < 1.29 is 4.79 Å². The van der Waals surface area contributed by atoms with Crippen LogP contribution in [0, 0.1) is 11.3 Å². The van der Waals surface area contributed by atoms with Gasteiger partial charge in [0.25, 0.3) is 5.91 Å². The third-order valence-corrected chi connectivity index (χ3v) is 5.29. The van der Waals surface area contributed by atoms with E-state index in [1.807, 2.05) is 60.7 Å². The maximum Gasteiger partial charge on any atom is 0.272 e. The smallest absolute Gasteiger partial charge is 0.272 e. The van der Waals surface area contributed by atoms with Gasteiger partial charge in [-0.2, -0.15) is 10.4 Å². The SMILES string of the molecule is N#CCCN(Cc1cccnc1)C(=O)c1cc(-c2ccccc2Cl)nn1-c1ccccc1. The molecule has 4 aromatic rings. The van der Waals surface area contributed by atoms with Crippen LogP contribution in [-0.2, 0) is 6.54 Å². The third-order valence-electron chi connectivity index (χ3n) is 4.96. The standard InChI is InChI=1S/C25H20ClN5O/c26-22-12-5-4-11-21(22)23-16-24(31(29-23)20-9-2-1-3-10-20)25(32)30(15-7-13-27)18-19-8-6-14-28-17-19/h1-6,8-12,14,16-17H,7,15,18H2. The van der Waals surface area contributed by atoms with Gasteiger partial charge in [0.1, 0.15) is 5.69 Å². The number of benzene rings is 2. The molecule has 32 heavy (non-hydrogen) atoms. The lowest BCUT2D eigenvalue weighted by molar-refractivity contribution is 0.0737.